The second-order valence-electron chi connectivity index (χ2n) is 6.06. The van der Waals surface area contributed by atoms with Gasteiger partial charge in [-0.15, -0.1) is 0 Å². The zero-order chi connectivity index (χ0) is 18.5. The minimum Gasteiger partial charge on any atom is -0.508 e. The molecule has 0 radical (unpaired) electrons. The van der Waals surface area contributed by atoms with Gasteiger partial charge >= 0.3 is 5.97 Å². The molecule has 3 rings (SSSR count). The first-order valence-corrected chi connectivity index (χ1v) is 8.23. The SMILES string of the molecule is COC(=O)c1ccc(C=C(C)CNc2cnc3ccc(O)cc3c2)cc1. The highest BCUT2D eigenvalue weighted by Crippen LogP contribution is 2.21. The number of ether oxygens (including phenoxy) is 1. The normalized spacial score (nSPS) is 11.4. The van der Waals surface area contributed by atoms with Gasteiger partial charge in [0, 0.05) is 11.9 Å². The van der Waals surface area contributed by atoms with E-state index < -0.39 is 0 Å². The molecular weight excluding hydrogens is 328 g/mol. The molecule has 0 amide bonds. The molecule has 0 atom stereocenters. The molecule has 1 heterocycles. The molecule has 0 bridgehead atoms. The van der Waals surface area contributed by atoms with Gasteiger partial charge in [-0.25, -0.2) is 4.79 Å². The summed E-state index contributed by atoms with van der Waals surface area (Å²) in [5, 5.41) is 13.8. The van der Waals surface area contributed by atoms with Crippen LogP contribution in [0, 0.1) is 0 Å². The summed E-state index contributed by atoms with van der Waals surface area (Å²) in [5.41, 5.74) is 4.40. The molecule has 1 aromatic heterocycles. The van der Waals surface area contributed by atoms with E-state index in [1.165, 1.54) is 7.11 Å². The number of hydrogen-bond donors (Lipinski definition) is 2. The van der Waals surface area contributed by atoms with E-state index in [1.54, 1.807) is 36.5 Å². The summed E-state index contributed by atoms with van der Waals surface area (Å²) in [6, 6.07) is 14.3. The number of rotatable bonds is 5. The van der Waals surface area contributed by atoms with E-state index in [4.69, 9.17) is 4.74 Å². The lowest BCUT2D eigenvalue weighted by Crippen LogP contribution is -2.03. The zero-order valence-corrected chi connectivity index (χ0v) is 14.7. The van der Waals surface area contributed by atoms with Gasteiger partial charge in [-0.3, -0.25) is 4.98 Å². The lowest BCUT2D eigenvalue weighted by atomic mass is 10.1. The fourth-order valence-electron chi connectivity index (χ4n) is 2.63. The Bertz CT molecular complexity index is 963. The van der Waals surface area contributed by atoms with Gasteiger partial charge in [0.05, 0.1) is 30.1 Å². The molecule has 0 aliphatic heterocycles. The Morgan fingerprint density at radius 1 is 1.19 bits per heavy atom. The molecule has 0 saturated heterocycles. The van der Waals surface area contributed by atoms with Crippen LogP contribution in [-0.2, 0) is 4.74 Å². The Balaban J connectivity index is 1.67. The summed E-state index contributed by atoms with van der Waals surface area (Å²) in [6.45, 7) is 2.69. The van der Waals surface area contributed by atoms with Gasteiger partial charge in [-0.2, -0.15) is 0 Å². The Hall–Kier alpha value is -3.34. The molecule has 3 aromatic rings. The first-order valence-electron chi connectivity index (χ1n) is 8.23. The van der Waals surface area contributed by atoms with E-state index in [1.807, 2.05) is 31.2 Å². The fraction of sp³-hybridized carbons (Fsp3) is 0.143. The number of nitrogens with zero attached hydrogens (tertiary/aromatic N) is 1. The average molecular weight is 348 g/mol. The van der Waals surface area contributed by atoms with Crippen molar-refractivity contribution in [3.8, 4) is 5.75 Å². The molecule has 0 spiro atoms. The summed E-state index contributed by atoms with van der Waals surface area (Å²) in [5.74, 6) is -0.114. The second-order valence-corrected chi connectivity index (χ2v) is 6.06. The van der Waals surface area contributed by atoms with Crippen LogP contribution < -0.4 is 5.32 Å². The number of pyridine rings is 1. The van der Waals surface area contributed by atoms with E-state index in [2.05, 4.69) is 10.3 Å². The van der Waals surface area contributed by atoms with Crippen molar-refractivity contribution in [1.29, 1.82) is 0 Å². The number of aromatic nitrogens is 1. The molecule has 2 N–H and O–H groups in total. The van der Waals surface area contributed by atoms with Crippen LogP contribution >= 0.6 is 0 Å². The van der Waals surface area contributed by atoms with E-state index in [0.29, 0.717) is 12.1 Å². The van der Waals surface area contributed by atoms with Crippen molar-refractivity contribution in [2.45, 2.75) is 6.92 Å². The van der Waals surface area contributed by atoms with Gasteiger partial charge in [0.15, 0.2) is 0 Å². The van der Waals surface area contributed by atoms with Crippen LogP contribution in [0.2, 0.25) is 0 Å². The highest BCUT2D eigenvalue weighted by Gasteiger charge is 2.04. The van der Waals surface area contributed by atoms with Gasteiger partial charge in [0.1, 0.15) is 5.75 Å². The molecule has 2 aromatic carbocycles. The molecule has 0 saturated carbocycles. The topological polar surface area (TPSA) is 71.5 Å². The number of methoxy groups -OCH3 is 1. The van der Waals surface area contributed by atoms with E-state index in [9.17, 15) is 9.90 Å². The summed E-state index contributed by atoms with van der Waals surface area (Å²) < 4.78 is 4.70. The monoisotopic (exact) mass is 348 g/mol. The van der Waals surface area contributed by atoms with Crippen molar-refractivity contribution >= 4 is 28.6 Å². The number of nitrogens with one attached hydrogen (secondary N) is 1. The summed E-state index contributed by atoms with van der Waals surface area (Å²) in [4.78, 5) is 15.8. The summed E-state index contributed by atoms with van der Waals surface area (Å²) in [6.07, 6.45) is 3.83. The number of hydrogen-bond acceptors (Lipinski definition) is 5. The second kappa shape index (κ2) is 7.70. The predicted octanol–water partition coefficient (Wildman–Crippen LogP) is 4.24. The number of esters is 1. The van der Waals surface area contributed by atoms with Crippen molar-refractivity contribution in [2.75, 3.05) is 19.0 Å². The smallest absolute Gasteiger partial charge is 0.337 e. The number of phenols is 1. The van der Waals surface area contributed by atoms with Crippen LogP contribution in [0.3, 0.4) is 0 Å². The third-order valence-electron chi connectivity index (χ3n) is 3.98. The molecule has 26 heavy (non-hydrogen) atoms. The van der Waals surface area contributed by atoms with E-state index in [-0.39, 0.29) is 11.7 Å². The van der Waals surface area contributed by atoms with Gasteiger partial charge in [0.25, 0.3) is 0 Å². The van der Waals surface area contributed by atoms with Crippen molar-refractivity contribution in [3.05, 3.63) is 71.4 Å². The van der Waals surface area contributed by atoms with Gasteiger partial charge in [-0.1, -0.05) is 23.8 Å². The third-order valence-corrected chi connectivity index (χ3v) is 3.98. The van der Waals surface area contributed by atoms with Crippen molar-refractivity contribution in [3.63, 3.8) is 0 Å². The third kappa shape index (κ3) is 4.19. The molecule has 0 unspecified atom stereocenters. The van der Waals surface area contributed by atoms with Gasteiger partial charge in [-0.05, 0) is 48.9 Å². The van der Waals surface area contributed by atoms with Crippen molar-refractivity contribution in [2.24, 2.45) is 0 Å². The van der Waals surface area contributed by atoms with Gasteiger partial charge in [0.2, 0.25) is 0 Å². The predicted molar refractivity (Wildman–Crippen MR) is 103 cm³/mol. The van der Waals surface area contributed by atoms with Crippen LogP contribution in [0.5, 0.6) is 5.75 Å². The molecule has 0 fully saturated rings. The van der Waals surface area contributed by atoms with Crippen LogP contribution in [-0.4, -0.2) is 29.7 Å². The average Bonchev–Trinajstić information content (AvgIpc) is 2.66. The number of phenolic OH excluding ortho intramolecular Hbond substituents is 1. The number of carbonyl (C=O) groups excluding carboxylic acids is 1. The van der Waals surface area contributed by atoms with Crippen LogP contribution in [0.1, 0.15) is 22.8 Å². The number of anilines is 1. The van der Waals surface area contributed by atoms with Gasteiger partial charge < -0.3 is 15.2 Å². The number of benzene rings is 2. The maximum atomic E-state index is 11.5. The zero-order valence-electron chi connectivity index (χ0n) is 14.7. The minimum atomic E-state index is -0.339. The Kier molecular flexibility index (Phi) is 5.17. The van der Waals surface area contributed by atoms with E-state index >= 15 is 0 Å². The maximum absolute atomic E-state index is 11.5. The molecular formula is C21H20N2O3. The lowest BCUT2D eigenvalue weighted by Gasteiger charge is -2.08. The van der Waals surface area contributed by atoms with Crippen LogP contribution in [0.4, 0.5) is 5.69 Å². The van der Waals surface area contributed by atoms with E-state index in [0.717, 1.165) is 27.7 Å². The van der Waals surface area contributed by atoms with Crippen LogP contribution in [0.25, 0.3) is 17.0 Å². The summed E-state index contributed by atoms with van der Waals surface area (Å²) >= 11 is 0. The lowest BCUT2D eigenvalue weighted by molar-refractivity contribution is 0.0600. The Labute approximate surface area is 152 Å². The standard InChI is InChI=1S/C21H20N2O3/c1-14(9-15-3-5-16(6-4-15)21(25)26-2)12-22-18-10-17-11-19(24)7-8-20(17)23-13-18/h3-11,13,22,24H,12H2,1-2H3. The first-order chi connectivity index (χ1) is 12.5. The van der Waals surface area contributed by atoms with Crippen molar-refractivity contribution in [1.82, 2.24) is 4.98 Å². The quantitative estimate of drug-likeness (QED) is 0.675. The first kappa shape index (κ1) is 17.5. The maximum Gasteiger partial charge on any atom is 0.337 e. The minimum absolute atomic E-state index is 0.225. The highest BCUT2D eigenvalue weighted by atomic mass is 16.5. The highest BCUT2D eigenvalue weighted by molar-refractivity contribution is 5.89. The fourth-order valence-corrected chi connectivity index (χ4v) is 2.63. The summed E-state index contributed by atoms with van der Waals surface area (Å²) in [7, 11) is 1.37. The number of carbonyl (C=O) groups is 1. The van der Waals surface area contributed by atoms with Crippen molar-refractivity contribution < 1.29 is 14.6 Å². The molecule has 5 nitrogen and oxygen atoms in total. The number of aromatic hydroxyl groups is 1. The Morgan fingerprint density at radius 2 is 1.96 bits per heavy atom. The molecule has 132 valence electrons. The van der Waals surface area contributed by atoms with Crippen LogP contribution in [0.15, 0.2) is 60.3 Å². The molecule has 0 aliphatic rings. The molecule has 5 heteroatoms. The number of fused-ring (bicyclic) bond motifs is 1. The molecule has 0 aliphatic carbocycles. The largest absolute Gasteiger partial charge is 0.508 e. The Morgan fingerprint density at radius 3 is 2.69 bits per heavy atom.